The number of ether oxygens (including phenoxy) is 3. The molecule has 0 spiro atoms. The predicted molar refractivity (Wildman–Crippen MR) is 101 cm³/mol. The number of nitrogens with zero attached hydrogens (tertiary/aromatic N) is 4. The predicted octanol–water partition coefficient (Wildman–Crippen LogP) is 2.63. The zero-order chi connectivity index (χ0) is 19.6. The van der Waals surface area contributed by atoms with E-state index in [0.29, 0.717) is 39.6 Å². The fourth-order valence-electron chi connectivity index (χ4n) is 2.94. The highest BCUT2D eigenvalue weighted by atomic mass is 16.5. The molecule has 3 rings (SSSR count). The number of nitrogens with two attached hydrogens (primary N) is 1. The van der Waals surface area contributed by atoms with Gasteiger partial charge in [0.2, 0.25) is 5.75 Å². The van der Waals surface area contributed by atoms with Gasteiger partial charge in [0.25, 0.3) is 0 Å². The van der Waals surface area contributed by atoms with Gasteiger partial charge in [-0.15, -0.1) is 0 Å². The molecule has 0 atom stereocenters. The number of hydrogen-bond donors (Lipinski definition) is 1. The van der Waals surface area contributed by atoms with Gasteiger partial charge in [-0.1, -0.05) is 0 Å². The minimum atomic E-state index is 0.128. The normalized spacial score (nSPS) is 10.3. The van der Waals surface area contributed by atoms with Crippen molar-refractivity contribution >= 4 is 5.82 Å². The third kappa shape index (κ3) is 3.00. The summed E-state index contributed by atoms with van der Waals surface area (Å²) in [5.41, 5.74) is 8.97. The molecule has 0 aliphatic carbocycles. The Balaban J connectivity index is 2.30. The topological polar surface area (TPSA) is 108 Å². The molecule has 27 heavy (non-hydrogen) atoms. The summed E-state index contributed by atoms with van der Waals surface area (Å²) in [7, 11) is 6.47. The first-order chi connectivity index (χ1) is 13.0. The lowest BCUT2D eigenvalue weighted by Gasteiger charge is -2.16. The third-order valence-electron chi connectivity index (χ3n) is 4.23. The van der Waals surface area contributed by atoms with Crippen LogP contribution in [0.5, 0.6) is 17.2 Å². The summed E-state index contributed by atoms with van der Waals surface area (Å²) < 4.78 is 18.1. The molecule has 0 saturated heterocycles. The van der Waals surface area contributed by atoms with Gasteiger partial charge < -0.3 is 24.5 Å². The summed E-state index contributed by atoms with van der Waals surface area (Å²) >= 11 is 0. The number of nitriles is 1. The van der Waals surface area contributed by atoms with Crippen molar-refractivity contribution in [1.82, 2.24) is 14.5 Å². The van der Waals surface area contributed by atoms with Gasteiger partial charge in [-0.2, -0.15) is 5.26 Å². The molecule has 0 saturated carbocycles. The third-order valence-corrected chi connectivity index (χ3v) is 4.23. The van der Waals surface area contributed by atoms with Crippen LogP contribution in [-0.2, 0) is 7.05 Å². The standard InChI is InChI=1S/C19H19N5O3/c1-24-10-22-9-15(24)12-7-14(23-19(21)13(12)8-20)11-5-6-16(25-2)18(27-4)17(11)26-3/h5-7,9-10H,1-4H3,(H2,21,23). The van der Waals surface area contributed by atoms with Crippen LogP contribution in [-0.4, -0.2) is 35.9 Å². The molecule has 8 heteroatoms. The molecule has 8 nitrogen and oxygen atoms in total. The van der Waals surface area contributed by atoms with Gasteiger partial charge in [0.05, 0.1) is 45.2 Å². The number of nitrogen functional groups attached to an aromatic ring is 1. The second-order valence-corrected chi connectivity index (χ2v) is 5.70. The maximum absolute atomic E-state index is 9.54. The van der Waals surface area contributed by atoms with Crippen molar-refractivity contribution in [2.24, 2.45) is 7.05 Å². The number of benzene rings is 1. The van der Waals surface area contributed by atoms with E-state index >= 15 is 0 Å². The van der Waals surface area contributed by atoms with Crippen LogP contribution in [0.1, 0.15) is 5.56 Å². The van der Waals surface area contributed by atoms with E-state index in [4.69, 9.17) is 19.9 Å². The van der Waals surface area contributed by atoms with Crippen molar-refractivity contribution in [3.63, 3.8) is 0 Å². The zero-order valence-electron chi connectivity index (χ0n) is 15.5. The van der Waals surface area contributed by atoms with Crippen LogP contribution in [0.2, 0.25) is 0 Å². The van der Waals surface area contributed by atoms with Crippen LogP contribution >= 0.6 is 0 Å². The molecule has 0 bridgehead atoms. The van der Waals surface area contributed by atoms with Crippen LogP contribution in [0, 0.1) is 11.3 Å². The van der Waals surface area contributed by atoms with Gasteiger partial charge in [0.15, 0.2) is 11.5 Å². The number of aromatic nitrogens is 3. The van der Waals surface area contributed by atoms with E-state index in [1.54, 1.807) is 37.8 Å². The number of rotatable bonds is 5. The monoisotopic (exact) mass is 365 g/mol. The van der Waals surface area contributed by atoms with E-state index in [2.05, 4.69) is 16.0 Å². The van der Waals surface area contributed by atoms with E-state index < -0.39 is 0 Å². The Morgan fingerprint density at radius 1 is 1.07 bits per heavy atom. The van der Waals surface area contributed by atoms with Crippen molar-refractivity contribution in [2.75, 3.05) is 27.1 Å². The minimum Gasteiger partial charge on any atom is -0.493 e. The molecule has 0 unspecified atom stereocenters. The lowest BCUT2D eigenvalue weighted by atomic mass is 10.0. The van der Waals surface area contributed by atoms with Gasteiger partial charge in [0, 0.05) is 18.2 Å². The highest BCUT2D eigenvalue weighted by Crippen LogP contribution is 2.44. The zero-order valence-corrected chi connectivity index (χ0v) is 15.5. The van der Waals surface area contributed by atoms with Gasteiger partial charge in [-0.05, 0) is 18.2 Å². The van der Waals surface area contributed by atoms with Crippen molar-refractivity contribution in [2.45, 2.75) is 0 Å². The average Bonchev–Trinajstić information content (AvgIpc) is 3.11. The van der Waals surface area contributed by atoms with E-state index in [-0.39, 0.29) is 5.82 Å². The molecule has 2 N–H and O–H groups in total. The Morgan fingerprint density at radius 3 is 2.37 bits per heavy atom. The van der Waals surface area contributed by atoms with Crippen molar-refractivity contribution in [3.8, 4) is 45.8 Å². The van der Waals surface area contributed by atoms with Crippen molar-refractivity contribution in [1.29, 1.82) is 5.26 Å². The molecule has 3 aromatic rings. The quantitative estimate of drug-likeness (QED) is 0.740. The second kappa shape index (κ2) is 7.25. The molecule has 0 aliphatic rings. The molecule has 2 aromatic heterocycles. The maximum Gasteiger partial charge on any atom is 0.203 e. The van der Waals surface area contributed by atoms with E-state index in [1.165, 1.54) is 14.2 Å². The summed E-state index contributed by atoms with van der Waals surface area (Å²) in [6.45, 7) is 0. The lowest BCUT2D eigenvalue weighted by Crippen LogP contribution is -2.03. The van der Waals surface area contributed by atoms with Crippen LogP contribution in [0.3, 0.4) is 0 Å². The fourth-order valence-corrected chi connectivity index (χ4v) is 2.94. The Labute approximate surface area is 156 Å². The number of hydrogen-bond acceptors (Lipinski definition) is 7. The molecule has 138 valence electrons. The molecule has 0 aliphatic heterocycles. The summed E-state index contributed by atoms with van der Waals surface area (Å²) in [5.74, 6) is 1.57. The van der Waals surface area contributed by atoms with Crippen molar-refractivity contribution < 1.29 is 14.2 Å². The largest absolute Gasteiger partial charge is 0.493 e. The second-order valence-electron chi connectivity index (χ2n) is 5.70. The summed E-state index contributed by atoms with van der Waals surface area (Å²) in [4.78, 5) is 8.52. The Kier molecular flexibility index (Phi) is 4.86. The molecule has 1 aromatic carbocycles. The van der Waals surface area contributed by atoms with Gasteiger partial charge >= 0.3 is 0 Å². The number of pyridine rings is 1. The number of imidazole rings is 1. The van der Waals surface area contributed by atoms with Crippen LogP contribution < -0.4 is 19.9 Å². The van der Waals surface area contributed by atoms with Crippen LogP contribution in [0.4, 0.5) is 5.82 Å². The fraction of sp³-hybridized carbons (Fsp3) is 0.211. The molecule has 0 radical (unpaired) electrons. The number of aryl methyl sites for hydroxylation is 1. The van der Waals surface area contributed by atoms with Crippen LogP contribution in [0.15, 0.2) is 30.7 Å². The molecular weight excluding hydrogens is 346 g/mol. The van der Waals surface area contributed by atoms with E-state index in [1.807, 2.05) is 11.6 Å². The SMILES string of the molecule is COc1ccc(-c2cc(-c3cncn3C)c(C#N)c(N)n2)c(OC)c1OC. The molecule has 0 fully saturated rings. The van der Waals surface area contributed by atoms with Gasteiger partial charge in [-0.3, -0.25) is 0 Å². The maximum atomic E-state index is 9.54. The first-order valence-electron chi connectivity index (χ1n) is 8.02. The Hall–Kier alpha value is -3.73. The van der Waals surface area contributed by atoms with Crippen LogP contribution in [0.25, 0.3) is 22.5 Å². The summed E-state index contributed by atoms with van der Waals surface area (Å²) in [6.07, 6.45) is 3.33. The lowest BCUT2D eigenvalue weighted by molar-refractivity contribution is 0.325. The average molecular weight is 365 g/mol. The number of methoxy groups -OCH3 is 3. The smallest absolute Gasteiger partial charge is 0.203 e. The number of anilines is 1. The van der Waals surface area contributed by atoms with Crippen molar-refractivity contribution in [3.05, 3.63) is 36.3 Å². The van der Waals surface area contributed by atoms with Gasteiger partial charge in [0.1, 0.15) is 17.5 Å². The van der Waals surface area contributed by atoms with E-state index in [9.17, 15) is 5.26 Å². The Bertz CT molecular complexity index is 1040. The summed E-state index contributed by atoms with van der Waals surface area (Å²) in [5, 5.41) is 9.54. The first kappa shape index (κ1) is 18.1. The Morgan fingerprint density at radius 2 is 1.81 bits per heavy atom. The minimum absolute atomic E-state index is 0.128. The summed E-state index contributed by atoms with van der Waals surface area (Å²) in [6, 6.07) is 7.48. The highest BCUT2D eigenvalue weighted by molar-refractivity contribution is 5.82. The first-order valence-corrected chi connectivity index (χ1v) is 8.02. The molecule has 0 amide bonds. The van der Waals surface area contributed by atoms with Gasteiger partial charge in [-0.25, -0.2) is 9.97 Å². The highest BCUT2D eigenvalue weighted by Gasteiger charge is 2.21. The molecular formula is C19H19N5O3. The molecule has 2 heterocycles. The van der Waals surface area contributed by atoms with E-state index in [0.717, 1.165) is 5.69 Å².